The number of hydrogen-bond acceptors (Lipinski definition) is 4. The summed E-state index contributed by atoms with van der Waals surface area (Å²) in [6, 6.07) is 5.88. The Balaban J connectivity index is 1.72. The number of aromatic nitrogens is 3. The molecule has 1 aromatic heterocycles. The minimum absolute atomic E-state index is 0.0132. The summed E-state index contributed by atoms with van der Waals surface area (Å²) in [6.45, 7) is 4.51. The molecular formula is C14H18N4O2. The fourth-order valence-corrected chi connectivity index (χ4v) is 1.89. The van der Waals surface area contributed by atoms with E-state index in [1.807, 2.05) is 26.0 Å². The Bertz CT molecular complexity index is 546. The third-order valence-electron chi connectivity index (χ3n) is 2.71. The van der Waals surface area contributed by atoms with E-state index in [1.165, 1.54) is 6.33 Å². The van der Waals surface area contributed by atoms with Crippen LogP contribution in [0.5, 0.6) is 5.75 Å². The van der Waals surface area contributed by atoms with Gasteiger partial charge >= 0.3 is 0 Å². The number of rotatable bonds is 6. The first-order valence-electron chi connectivity index (χ1n) is 6.45. The molecule has 6 heteroatoms. The van der Waals surface area contributed by atoms with E-state index in [0.29, 0.717) is 18.7 Å². The number of aryl methyl sites for hydroxylation is 2. The Labute approximate surface area is 117 Å². The maximum absolute atomic E-state index is 11.6. The molecule has 0 spiro atoms. The summed E-state index contributed by atoms with van der Waals surface area (Å²) >= 11 is 0. The van der Waals surface area contributed by atoms with Gasteiger partial charge in [-0.2, -0.15) is 5.10 Å². The molecule has 0 bridgehead atoms. The Kier molecular flexibility index (Phi) is 4.70. The zero-order chi connectivity index (χ0) is 14.4. The van der Waals surface area contributed by atoms with E-state index in [-0.39, 0.29) is 12.5 Å². The number of amides is 1. The lowest BCUT2D eigenvalue weighted by Gasteiger charge is -2.08. The predicted octanol–water partition coefficient (Wildman–Crippen LogP) is 1.16. The molecule has 0 aliphatic rings. The van der Waals surface area contributed by atoms with Crippen LogP contribution in [0.4, 0.5) is 0 Å². The van der Waals surface area contributed by atoms with E-state index >= 15 is 0 Å². The minimum atomic E-state index is -0.149. The van der Waals surface area contributed by atoms with E-state index in [1.54, 1.807) is 0 Å². The largest absolute Gasteiger partial charge is 0.484 e. The molecule has 0 atom stereocenters. The molecular weight excluding hydrogens is 256 g/mol. The van der Waals surface area contributed by atoms with Crippen molar-refractivity contribution in [2.45, 2.75) is 20.3 Å². The van der Waals surface area contributed by atoms with E-state index in [0.717, 1.165) is 17.0 Å². The van der Waals surface area contributed by atoms with Gasteiger partial charge < -0.3 is 10.1 Å². The monoisotopic (exact) mass is 274 g/mol. The highest BCUT2D eigenvalue weighted by molar-refractivity contribution is 5.77. The summed E-state index contributed by atoms with van der Waals surface area (Å²) in [5, 5.41) is 9.25. The highest BCUT2D eigenvalue weighted by atomic mass is 16.5. The fraction of sp³-hybridized carbons (Fsp3) is 0.357. The first-order chi connectivity index (χ1) is 9.63. The van der Waals surface area contributed by atoms with Crippen molar-refractivity contribution in [3.63, 3.8) is 0 Å². The number of hydrogen-bond donors (Lipinski definition) is 2. The number of H-pyrrole nitrogens is 1. The second-order valence-corrected chi connectivity index (χ2v) is 4.64. The highest BCUT2D eigenvalue weighted by Crippen LogP contribution is 2.15. The normalized spacial score (nSPS) is 10.3. The van der Waals surface area contributed by atoms with Crippen molar-refractivity contribution in [3.05, 3.63) is 41.5 Å². The summed E-state index contributed by atoms with van der Waals surface area (Å²) in [7, 11) is 0. The maximum Gasteiger partial charge on any atom is 0.257 e. The van der Waals surface area contributed by atoms with Crippen molar-refractivity contribution in [1.82, 2.24) is 20.5 Å². The highest BCUT2D eigenvalue weighted by Gasteiger charge is 2.04. The van der Waals surface area contributed by atoms with Crippen LogP contribution in [-0.2, 0) is 11.2 Å². The van der Waals surface area contributed by atoms with Gasteiger partial charge in [0.05, 0.1) is 0 Å². The standard InChI is InChI=1S/C14H18N4O2/c1-10-5-11(2)7-12(6-10)20-8-14(19)15-4-3-13-16-9-17-18-13/h5-7,9H,3-4,8H2,1-2H3,(H,15,19)(H,16,17,18). The fourth-order valence-electron chi connectivity index (χ4n) is 1.89. The first-order valence-corrected chi connectivity index (χ1v) is 6.45. The molecule has 2 N–H and O–H groups in total. The van der Waals surface area contributed by atoms with Crippen LogP contribution in [0.3, 0.4) is 0 Å². The van der Waals surface area contributed by atoms with E-state index in [4.69, 9.17) is 4.74 Å². The van der Waals surface area contributed by atoms with Crippen LogP contribution in [-0.4, -0.2) is 34.2 Å². The van der Waals surface area contributed by atoms with E-state index < -0.39 is 0 Å². The van der Waals surface area contributed by atoms with Gasteiger partial charge in [0.25, 0.3) is 5.91 Å². The van der Waals surface area contributed by atoms with Crippen LogP contribution in [0.15, 0.2) is 24.5 Å². The molecule has 0 aliphatic carbocycles. The lowest BCUT2D eigenvalue weighted by molar-refractivity contribution is -0.123. The van der Waals surface area contributed by atoms with Gasteiger partial charge in [0, 0.05) is 13.0 Å². The zero-order valence-corrected chi connectivity index (χ0v) is 11.6. The van der Waals surface area contributed by atoms with Gasteiger partial charge in [-0.3, -0.25) is 9.89 Å². The molecule has 0 radical (unpaired) electrons. The van der Waals surface area contributed by atoms with Gasteiger partial charge in [0.1, 0.15) is 17.9 Å². The summed E-state index contributed by atoms with van der Waals surface area (Å²) in [6.07, 6.45) is 2.07. The number of carbonyl (C=O) groups excluding carboxylic acids is 1. The lowest BCUT2D eigenvalue weighted by atomic mass is 10.1. The van der Waals surface area contributed by atoms with Crippen LogP contribution in [0.1, 0.15) is 17.0 Å². The first kappa shape index (κ1) is 14.0. The van der Waals surface area contributed by atoms with Crippen LogP contribution < -0.4 is 10.1 Å². The predicted molar refractivity (Wildman–Crippen MR) is 74.5 cm³/mol. The van der Waals surface area contributed by atoms with Crippen molar-refractivity contribution >= 4 is 5.91 Å². The number of benzene rings is 1. The van der Waals surface area contributed by atoms with Gasteiger partial charge in [-0.1, -0.05) is 6.07 Å². The quantitative estimate of drug-likeness (QED) is 0.828. The molecule has 0 unspecified atom stereocenters. The van der Waals surface area contributed by atoms with E-state index in [2.05, 4.69) is 26.6 Å². The van der Waals surface area contributed by atoms with Crippen molar-refractivity contribution in [1.29, 1.82) is 0 Å². The molecule has 1 amide bonds. The molecule has 0 saturated carbocycles. The average Bonchev–Trinajstić information content (AvgIpc) is 2.88. The van der Waals surface area contributed by atoms with Gasteiger partial charge in [-0.15, -0.1) is 0 Å². The molecule has 6 nitrogen and oxygen atoms in total. The SMILES string of the molecule is Cc1cc(C)cc(OCC(=O)NCCc2ncn[nH]2)c1. The molecule has 0 saturated heterocycles. The van der Waals surface area contributed by atoms with Crippen LogP contribution in [0, 0.1) is 13.8 Å². The average molecular weight is 274 g/mol. The third-order valence-corrected chi connectivity index (χ3v) is 2.71. The molecule has 106 valence electrons. The van der Waals surface area contributed by atoms with Crippen LogP contribution in [0.2, 0.25) is 0 Å². The topological polar surface area (TPSA) is 79.9 Å². The third kappa shape index (κ3) is 4.38. The van der Waals surface area contributed by atoms with Crippen molar-refractivity contribution in [3.8, 4) is 5.75 Å². The van der Waals surface area contributed by atoms with Crippen molar-refractivity contribution < 1.29 is 9.53 Å². The molecule has 20 heavy (non-hydrogen) atoms. The summed E-state index contributed by atoms with van der Waals surface area (Å²) in [4.78, 5) is 15.6. The number of ether oxygens (including phenoxy) is 1. The molecule has 2 rings (SSSR count). The van der Waals surface area contributed by atoms with Crippen LogP contribution >= 0.6 is 0 Å². The second-order valence-electron chi connectivity index (χ2n) is 4.64. The molecule has 2 aromatic rings. The Hall–Kier alpha value is -2.37. The van der Waals surface area contributed by atoms with E-state index in [9.17, 15) is 4.79 Å². The Morgan fingerprint density at radius 3 is 2.70 bits per heavy atom. The van der Waals surface area contributed by atoms with Gasteiger partial charge in [0.15, 0.2) is 6.61 Å². The number of nitrogens with one attached hydrogen (secondary N) is 2. The second kappa shape index (κ2) is 6.70. The van der Waals surface area contributed by atoms with Crippen molar-refractivity contribution in [2.75, 3.05) is 13.2 Å². The van der Waals surface area contributed by atoms with Gasteiger partial charge in [-0.05, 0) is 37.1 Å². The Morgan fingerprint density at radius 1 is 1.30 bits per heavy atom. The summed E-state index contributed by atoms with van der Waals surface area (Å²) in [5.74, 6) is 1.32. The summed E-state index contributed by atoms with van der Waals surface area (Å²) in [5.41, 5.74) is 2.23. The molecule has 1 aromatic carbocycles. The van der Waals surface area contributed by atoms with Crippen LogP contribution in [0.25, 0.3) is 0 Å². The number of carbonyl (C=O) groups is 1. The molecule has 0 aliphatic heterocycles. The van der Waals surface area contributed by atoms with Gasteiger partial charge in [0.2, 0.25) is 0 Å². The smallest absolute Gasteiger partial charge is 0.257 e. The molecule has 1 heterocycles. The van der Waals surface area contributed by atoms with Gasteiger partial charge in [-0.25, -0.2) is 4.98 Å². The van der Waals surface area contributed by atoms with Crippen molar-refractivity contribution in [2.24, 2.45) is 0 Å². The minimum Gasteiger partial charge on any atom is -0.484 e. The number of aromatic amines is 1. The molecule has 0 fully saturated rings. The summed E-state index contributed by atoms with van der Waals surface area (Å²) < 4.78 is 5.47. The zero-order valence-electron chi connectivity index (χ0n) is 11.6. The lowest BCUT2D eigenvalue weighted by Crippen LogP contribution is -2.30. The maximum atomic E-state index is 11.6. The number of nitrogens with zero attached hydrogens (tertiary/aromatic N) is 2. The Morgan fingerprint density at radius 2 is 2.05 bits per heavy atom.